The van der Waals surface area contributed by atoms with E-state index in [1.54, 1.807) is 24.4 Å². The number of aromatic nitrogens is 3. The van der Waals surface area contributed by atoms with E-state index < -0.39 is 0 Å². The lowest BCUT2D eigenvalue weighted by Crippen LogP contribution is -2.11. The van der Waals surface area contributed by atoms with Gasteiger partial charge in [-0.3, -0.25) is 14.9 Å². The highest BCUT2D eigenvalue weighted by Crippen LogP contribution is 2.17. The van der Waals surface area contributed by atoms with Crippen LogP contribution >= 0.6 is 0 Å². The van der Waals surface area contributed by atoms with Crippen LogP contribution in [0.3, 0.4) is 0 Å². The molecule has 0 fully saturated rings. The van der Waals surface area contributed by atoms with Crippen LogP contribution in [0.2, 0.25) is 0 Å². The number of nitrogens with zero attached hydrogens (tertiary/aromatic N) is 2. The predicted molar refractivity (Wildman–Crippen MR) is 76.2 cm³/mol. The first-order valence-electron chi connectivity index (χ1n) is 6.16. The highest BCUT2D eigenvalue weighted by atomic mass is 16.1. The molecule has 0 atom stereocenters. The number of H-pyrrole nitrogens is 1. The van der Waals surface area contributed by atoms with Crippen molar-refractivity contribution in [2.75, 3.05) is 5.32 Å². The van der Waals surface area contributed by atoms with Crippen LogP contribution in [0.5, 0.6) is 0 Å². The van der Waals surface area contributed by atoms with Crippen molar-refractivity contribution in [2.45, 2.75) is 0 Å². The van der Waals surface area contributed by atoms with Crippen molar-refractivity contribution in [1.82, 2.24) is 15.2 Å². The molecule has 0 aliphatic carbocycles. The second-order valence-electron chi connectivity index (χ2n) is 4.20. The minimum atomic E-state index is -0.190. The number of nitrogens with one attached hydrogen (secondary N) is 2. The maximum atomic E-state index is 12.0. The molecule has 3 aromatic rings. The van der Waals surface area contributed by atoms with Gasteiger partial charge in [0.2, 0.25) is 0 Å². The zero-order chi connectivity index (χ0) is 13.8. The van der Waals surface area contributed by atoms with E-state index in [9.17, 15) is 4.79 Å². The molecular weight excluding hydrogens is 252 g/mol. The molecule has 3 rings (SSSR count). The Labute approximate surface area is 115 Å². The molecule has 1 amide bonds. The molecule has 0 aliphatic rings. The first-order chi connectivity index (χ1) is 9.83. The van der Waals surface area contributed by atoms with E-state index in [4.69, 9.17) is 0 Å². The van der Waals surface area contributed by atoms with Gasteiger partial charge in [-0.05, 0) is 24.3 Å². The van der Waals surface area contributed by atoms with E-state index in [-0.39, 0.29) is 5.91 Å². The van der Waals surface area contributed by atoms with Crippen LogP contribution in [0.25, 0.3) is 11.4 Å². The van der Waals surface area contributed by atoms with Crippen LogP contribution in [0, 0.1) is 0 Å². The van der Waals surface area contributed by atoms with Gasteiger partial charge < -0.3 is 5.32 Å². The average molecular weight is 264 g/mol. The standard InChI is InChI=1S/C15H12N4O/c20-15(11-6-2-1-3-7-11)17-14-10-13(18-19-14)12-8-4-5-9-16-12/h1-10H,(H2,17,18,19,20). The van der Waals surface area contributed by atoms with Gasteiger partial charge in [0, 0.05) is 17.8 Å². The summed E-state index contributed by atoms with van der Waals surface area (Å²) >= 11 is 0. The zero-order valence-corrected chi connectivity index (χ0v) is 10.6. The molecule has 1 aromatic carbocycles. The fourth-order valence-corrected chi connectivity index (χ4v) is 1.82. The highest BCUT2D eigenvalue weighted by molar-refractivity contribution is 6.03. The van der Waals surface area contributed by atoms with Crippen molar-refractivity contribution in [1.29, 1.82) is 0 Å². The van der Waals surface area contributed by atoms with Gasteiger partial charge in [0.15, 0.2) is 5.82 Å². The Balaban J connectivity index is 1.77. The average Bonchev–Trinajstić information content (AvgIpc) is 2.97. The second-order valence-corrected chi connectivity index (χ2v) is 4.20. The maximum absolute atomic E-state index is 12.0. The lowest BCUT2D eigenvalue weighted by atomic mass is 10.2. The van der Waals surface area contributed by atoms with Crippen LogP contribution in [-0.2, 0) is 0 Å². The molecule has 0 unspecified atom stereocenters. The molecule has 2 heterocycles. The van der Waals surface area contributed by atoms with E-state index in [0.29, 0.717) is 11.4 Å². The van der Waals surface area contributed by atoms with E-state index >= 15 is 0 Å². The smallest absolute Gasteiger partial charge is 0.256 e. The van der Waals surface area contributed by atoms with Crippen LogP contribution in [-0.4, -0.2) is 21.1 Å². The van der Waals surface area contributed by atoms with Crippen molar-refractivity contribution >= 4 is 11.7 Å². The Bertz CT molecular complexity index is 707. The Kier molecular flexibility index (Phi) is 3.24. The number of amides is 1. The highest BCUT2D eigenvalue weighted by Gasteiger charge is 2.09. The van der Waals surface area contributed by atoms with E-state index in [2.05, 4.69) is 20.5 Å². The number of benzene rings is 1. The number of hydrogen-bond acceptors (Lipinski definition) is 3. The van der Waals surface area contributed by atoms with E-state index in [1.807, 2.05) is 36.4 Å². The van der Waals surface area contributed by atoms with Crippen molar-refractivity contribution < 1.29 is 4.79 Å². The summed E-state index contributed by atoms with van der Waals surface area (Å²) in [6, 6.07) is 16.4. The van der Waals surface area contributed by atoms with Crippen molar-refractivity contribution in [3.05, 3.63) is 66.4 Å². The largest absolute Gasteiger partial charge is 0.305 e. The van der Waals surface area contributed by atoms with Crippen LogP contribution in [0.15, 0.2) is 60.8 Å². The van der Waals surface area contributed by atoms with Crippen molar-refractivity contribution in [2.24, 2.45) is 0 Å². The topological polar surface area (TPSA) is 70.7 Å². The van der Waals surface area contributed by atoms with Gasteiger partial charge in [-0.2, -0.15) is 5.10 Å². The first-order valence-corrected chi connectivity index (χ1v) is 6.16. The van der Waals surface area contributed by atoms with E-state index in [0.717, 1.165) is 11.4 Å². The monoisotopic (exact) mass is 264 g/mol. The number of anilines is 1. The van der Waals surface area contributed by atoms with Gasteiger partial charge in [-0.25, -0.2) is 0 Å². The third-order valence-corrected chi connectivity index (χ3v) is 2.80. The third kappa shape index (κ3) is 2.56. The Morgan fingerprint density at radius 3 is 2.60 bits per heavy atom. The van der Waals surface area contributed by atoms with Crippen LogP contribution < -0.4 is 5.32 Å². The SMILES string of the molecule is O=C(Nc1cc(-c2ccccn2)[nH]n1)c1ccccc1. The Morgan fingerprint density at radius 1 is 1.05 bits per heavy atom. The van der Waals surface area contributed by atoms with Gasteiger partial charge in [0.25, 0.3) is 5.91 Å². The number of pyridine rings is 1. The molecule has 2 aromatic heterocycles. The minimum Gasteiger partial charge on any atom is -0.305 e. The van der Waals surface area contributed by atoms with Crippen molar-refractivity contribution in [3.63, 3.8) is 0 Å². The third-order valence-electron chi connectivity index (χ3n) is 2.80. The number of aromatic amines is 1. The summed E-state index contributed by atoms with van der Waals surface area (Å²) in [4.78, 5) is 16.2. The molecule has 0 bridgehead atoms. The number of hydrogen-bond donors (Lipinski definition) is 2. The molecule has 0 radical (unpaired) electrons. The normalized spacial score (nSPS) is 10.2. The summed E-state index contributed by atoms with van der Waals surface area (Å²) in [5.74, 6) is 0.282. The molecule has 5 heteroatoms. The minimum absolute atomic E-state index is 0.190. The fraction of sp³-hybridized carbons (Fsp3) is 0. The van der Waals surface area contributed by atoms with Gasteiger partial charge >= 0.3 is 0 Å². The lowest BCUT2D eigenvalue weighted by molar-refractivity contribution is 0.102. The number of carbonyl (C=O) groups is 1. The lowest BCUT2D eigenvalue weighted by Gasteiger charge is -2.00. The molecule has 5 nitrogen and oxygen atoms in total. The van der Waals surface area contributed by atoms with E-state index in [1.165, 1.54) is 0 Å². The summed E-state index contributed by atoms with van der Waals surface area (Å²) in [6.07, 6.45) is 1.71. The molecular formula is C15H12N4O. The summed E-state index contributed by atoms with van der Waals surface area (Å²) < 4.78 is 0. The molecule has 20 heavy (non-hydrogen) atoms. The van der Waals surface area contributed by atoms with Crippen molar-refractivity contribution in [3.8, 4) is 11.4 Å². The molecule has 0 aliphatic heterocycles. The fourth-order valence-electron chi connectivity index (χ4n) is 1.82. The molecule has 2 N–H and O–H groups in total. The van der Waals surface area contributed by atoms with Gasteiger partial charge in [0.1, 0.15) is 0 Å². The molecule has 0 saturated heterocycles. The molecule has 0 spiro atoms. The Morgan fingerprint density at radius 2 is 1.85 bits per heavy atom. The summed E-state index contributed by atoms with van der Waals surface area (Å²) in [7, 11) is 0. The Hall–Kier alpha value is -2.95. The van der Waals surface area contributed by atoms with Gasteiger partial charge in [-0.1, -0.05) is 24.3 Å². The summed E-state index contributed by atoms with van der Waals surface area (Å²) in [5, 5.41) is 9.65. The van der Waals surface area contributed by atoms with Crippen LogP contribution in [0.4, 0.5) is 5.82 Å². The van der Waals surface area contributed by atoms with Gasteiger partial charge in [0.05, 0.1) is 11.4 Å². The first kappa shape index (κ1) is 12.1. The predicted octanol–water partition coefficient (Wildman–Crippen LogP) is 2.72. The maximum Gasteiger partial charge on any atom is 0.256 e. The van der Waals surface area contributed by atoms with Crippen LogP contribution in [0.1, 0.15) is 10.4 Å². The molecule has 98 valence electrons. The quantitative estimate of drug-likeness (QED) is 0.764. The van der Waals surface area contributed by atoms with Gasteiger partial charge in [-0.15, -0.1) is 0 Å². The summed E-state index contributed by atoms with van der Waals surface area (Å²) in [5.41, 5.74) is 2.13. The number of rotatable bonds is 3. The number of carbonyl (C=O) groups excluding carboxylic acids is 1. The summed E-state index contributed by atoms with van der Waals surface area (Å²) in [6.45, 7) is 0. The second kappa shape index (κ2) is 5.36. The zero-order valence-electron chi connectivity index (χ0n) is 10.6. The molecule has 0 saturated carbocycles.